The van der Waals surface area contributed by atoms with Crippen LogP contribution in [0.1, 0.15) is 17.5 Å². The third kappa shape index (κ3) is 2.69. The van der Waals surface area contributed by atoms with Crippen molar-refractivity contribution in [1.29, 1.82) is 0 Å². The summed E-state index contributed by atoms with van der Waals surface area (Å²) in [6.07, 6.45) is -1.00. The molecule has 6 nitrogen and oxygen atoms in total. The fourth-order valence-electron chi connectivity index (χ4n) is 2.64. The molecule has 1 unspecified atom stereocenters. The summed E-state index contributed by atoms with van der Waals surface area (Å²) in [5.74, 6) is -0.146. The summed E-state index contributed by atoms with van der Waals surface area (Å²) in [5, 5.41) is 10.2. The molecule has 1 saturated heterocycles. The molecule has 1 aromatic heterocycles. The van der Waals surface area contributed by atoms with Crippen LogP contribution in [-0.4, -0.2) is 59.0 Å². The Morgan fingerprint density at radius 1 is 1.14 bits per heavy atom. The third-order valence-corrected chi connectivity index (χ3v) is 3.87. The second-order valence-corrected chi connectivity index (χ2v) is 5.44. The van der Waals surface area contributed by atoms with E-state index in [2.05, 4.69) is 0 Å². The van der Waals surface area contributed by atoms with Gasteiger partial charge in [-0.15, -0.1) is 0 Å². The van der Waals surface area contributed by atoms with Crippen molar-refractivity contribution in [1.82, 2.24) is 9.80 Å². The number of rotatable bonds is 2. The van der Waals surface area contributed by atoms with Crippen LogP contribution < -0.4 is 0 Å². The van der Waals surface area contributed by atoms with Crippen LogP contribution in [0, 0.1) is 0 Å². The monoisotopic (exact) mass is 302 g/mol. The fourth-order valence-corrected chi connectivity index (χ4v) is 2.64. The maximum Gasteiger partial charge on any atom is 0.289 e. The first-order valence-corrected chi connectivity index (χ1v) is 7.31. The molecule has 1 aliphatic heterocycles. The van der Waals surface area contributed by atoms with Gasteiger partial charge in [-0.25, -0.2) is 0 Å². The van der Waals surface area contributed by atoms with E-state index in [-0.39, 0.29) is 11.8 Å². The van der Waals surface area contributed by atoms with E-state index in [1.54, 1.807) is 15.9 Å². The molecule has 6 heteroatoms. The maximum absolute atomic E-state index is 12.5. The van der Waals surface area contributed by atoms with E-state index in [4.69, 9.17) is 4.42 Å². The lowest BCUT2D eigenvalue weighted by Crippen LogP contribution is -2.52. The average Bonchev–Trinajstić information content (AvgIpc) is 2.97. The smallest absolute Gasteiger partial charge is 0.289 e. The summed E-state index contributed by atoms with van der Waals surface area (Å²) in [7, 11) is 0. The average molecular weight is 302 g/mol. The first-order valence-electron chi connectivity index (χ1n) is 7.31. The number of hydrogen-bond acceptors (Lipinski definition) is 4. The first kappa shape index (κ1) is 14.6. The van der Waals surface area contributed by atoms with Crippen LogP contribution in [0.5, 0.6) is 0 Å². The Kier molecular flexibility index (Phi) is 3.85. The van der Waals surface area contributed by atoms with Gasteiger partial charge >= 0.3 is 0 Å². The quantitative estimate of drug-likeness (QED) is 0.901. The molecule has 0 radical (unpaired) electrons. The van der Waals surface area contributed by atoms with Gasteiger partial charge in [0.1, 0.15) is 11.7 Å². The van der Waals surface area contributed by atoms with Crippen molar-refractivity contribution in [2.75, 3.05) is 26.2 Å². The van der Waals surface area contributed by atoms with Gasteiger partial charge in [0.05, 0.1) is 0 Å². The minimum Gasteiger partial charge on any atom is -0.451 e. The summed E-state index contributed by atoms with van der Waals surface area (Å²) < 4.78 is 5.58. The number of hydrogen-bond donors (Lipinski definition) is 1. The van der Waals surface area contributed by atoms with Gasteiger partial charge in [-0.2, -0.15) is 0 Å². The number of benzene rings is 1. The molecule has 0 saturated carbocycles. The zero-order valence-corrected chi connectivity index (χ0v) is 12.4. The second kappa shape index (κ2) is 5.81. The van der Waals surface area contributed by atoms with E-state index in [9.17, 15) is 14.7 Å². The van der Waals surface area contributed by atoms with Gasteiger partial charge in [0.15, 0.2) is 5.76 Å². The number of furan rings is 1. The number of aliphatic hydroxyl groups is 1. The van der Waals surface area contributed by atoms with Gasteiger partial charge in [0, 0.05) is 31.6 Å². The van der Waals surface area contributed by atoms with Crippen LogP contribution in [0.4, 0.5) is 0 Å². The molecule has 22 heavy (non-hydrogen) atoms. The highest BCUT2D eigenvalue weighted by molar-refractivity contribution is 5.96. The van der Waals surface area contributed by atoms with Gasteiger partial charge < -0.3 is 19.3 Å². The Morgan fingerprint density at radius 3 is 2.41 bits per heavy atom. The second-order valence-electron chi connectivity index (χ2n) is 5.44. The van der Waals surface area contributed by atoms with Crippen molar-refractivity contribution < 1.29 is 19.1 Å². The van der Waals surface area contributed by atoms with E-state index in [1.165, 1.54) is 6.92 Å². The highest BCUT2D eigenvalue weighted by Crippen LogP contribution is 2.20. The predicted molar refractivity (Wildman–Crippen MR) is 80.4 cm³/mol. The largest absolute Gasteiger partial charge is 0.451 e. The maximum atomic E-state index is 12.5. The lowest BCUT2D eigenvalue weighted by molar-refractivity contribution is -0.140. The highest BCUT2D eigenvalue weighted by Gasteiger charge is 2.27. The number of aliphatic hydroxyl groups excluding tert-OH is 1. The fraction of sp³-hybridized carbons (Fsp3) is 0.375. The van der Waals surface area contributed by atoms with E-state index < -0.39 is 6.10 Å². The van der Waals surface area contributed by atoms with Crippen molar-refractivity contribution in [3.8, 4) is 0 Å². The topological polar surface area (TPSA) is 74.0 Å². The lowest BCUT2D eigenvalue weighted by Gasteiger charge is -2.34. The molecule has 1 atom stereocenters. The molecule has 0 aliphatic carbocycles. The van der Waals surface area contributed by atoms with E-state index in [1.807, 2.05) is 24.3 Å². The standard InChI is InChI=1S/C16H18N2O4/c1-11(19)15(20)17-6-8-18(9-7-17)16(21)14-10-12-4-2-3-5-13(12)22-14/h2-5,10-11,19H,6-9H2,1H3. The normalized spacial score (nSPS) is 16.8. The van der Waals surface area contributed by atoms with Crippen molar-refractivity contribution >= 4 is 22.8 Å². The van der Waals surface area contributed by atoms with Gasteiger partial charge in [0.25, 0.3) is 11.8 Å². The number of fused-ring (bicyclic) bond motifs is 1. The van der Waals surface area contributed by atoms with Crippen LogP contribution in [0.2, 0.25) is 0 Å². The number of carbonyl (C=O) groups excluding carboxylic acids is 2. The van der Waals surface area contributed by atoms with Crippen molar-refractivity contribution in [3.05, 3.63) is 36.1 Å². The molecule has 1 N–H and O–H groups in total. The van der Waals surface area contributed by atoms with Crippen molar-refractivity contribution in [2.24, 2.45) is 0 Å². The van der Waals surface area contributed by atoms with Crippen LogP contribution in [-0.2, 0) is 4.79 Å². The zero-order valence-electron chi connectivity index (χ0n) is 12.4. The Morgan fingerprint density at radius 2 is 1.77 bits per heavy atom. The molecule has 2 heterocycles. The van der Waals surface area contributed by atoms with Gasteiger partial charge in [-0.3, -0.25) is 9.59 Å². The zero-order chi connectivity index (χ0) is 15.7. The molecule has 2 amide bonds. The van der Waals surface area contributed by atoms with Crippen LogP contribution in [0.25, 0.3) is 11.0 Å². The number of piperazine rings is 1. The van der Waals surface area contributed by atoms with Gasteiger partial charge in [-0.1, -0.05) is 18.2 Å². The molecular formula is C16H18N2O4. The molecule has 2 aromatic rings. The highest BCUT2D eigenvalue weighted by atomic mass is 16.3. The molecule has 116 valence electrons. The number of carbonyl (C=O) groups is 2. The molecule has 1 aliphatic rings. The molecule has 3 rings (SSSR count). The van der Waals surface area contributed by atoms with Crippen molar-refractivity contribution in [3.63, 3.8) is 0 Å². The Balaban J connectivity index is 1.68. The van der Waals surface area contributed by atoms with E-state index in [0.717, 1.165) is 5.39 Å². The van der Waals surface area contributed by atoms with E-state index in [0.29, 0.717) is 37.5 Å². The van der Waals surface area contributed by atoms with Crippen LogP contribution in [0.3, 0.4) is 0 Å². The number of para-hydroxylation sites is 1. The number of nitrogens with zero attached hydrogens (tertiary/aromatic N) is 2. The summed E-state index contributed by atoms with van der Waals surface area (Å²) in [5.41, 5.74) is 0.689. The molecule has 0 spiro atoms. The van der Waals surface area contributed by atoms with E-state index >= 15 is 0 Å². The SMILES string of the molecule is CC(O)C(=O)N1CCN(C(=O)c2cc3ccccc3o2)CC1. The van der Waals surface area contributed by atoms with Crippen molar-refractivity contribution in [2.45, 2.75) is 13.0 Å². The predicted octanol–water partition coefficient (Wildman–Crippen LogP) is 1.10. The summed E-state index contributed by atoms with van der Waals surface area (Å²) in [6, 6.07) is 9.22. The van der Waals surface area contributed by atoms with Gasteiger partial charge in [-0.05, 0) is 19.1 Å². The van der Waals surface area contributed by atoms with Gasteiger partial charge in [0.2, 0.25) is 0 Å². The molecular weight excluding hydrogens is 284 g/mol. The minimum atomic E-state index is -1.00. The molecule has 1 aromatic carbocycles. The van der Waals surface area contributed by atoms with Crippen LogP contribution >= 0.6 is 0 Å². The molecule has 1 fully saturated rings. The summed E-state index contributed by atoms with van der Waals surface area (Å²) in [4.78, 5) is 27.4. The summed E-state index contributed by atoms with van der Waals surface area (Å²) in [6.45, 7) is 3.18. The summed E-state index contributed by atoms with van der Waals surface area (Å²) >= 11 is 0. The minimum absolute atomic E-state index is 0.166. The third-order valence-electron chi connectivity index (χ3n) is 3.87. The lowest BCUT2D eigenvalue weighted by atomic mass is 10.2. The Labute approximate surface area is 127 Å². The number of amides is 2. The Hall–Kier alpha value is -2.34. The molecule has 0 bridgehead atoms. The Bertz CT molecular complexity index is 666. The van der Waals surface area contributed by atoms with Crippen LogP contribution in [0.15, 0.2) is 34.7 Å². The first-order chi connectivity index (χ1) is 10.6.